The zero-order valence-corrected chi connectivity index (χ0v) is 13.1. The highest BCUT2D eigenvalue weighted by molar-refractivity contribution is 7.14. The predicted molar refractivity (Wildman–Crippen MR) is 85.5 cm³/mol. The molecule has 2 heterocycles. The third-order valence-corrected chi connectivity index (χ3v) is 4.27. The van der Waals surface area contributed by atoms with Gasteiger partial charge in [-0.2, -0.15) is 0 Å². The quantitative estimate of drug-likeness (QED) is 0.879. The van der Waals surface area contributed by atoms with E-state index < -0.39 is 0 Å². The molecule has 21 heavy (non-hydrogen) atoms. The molecule has 0 saturated heterocycles. The lowest BCUT2D eigenvalue weighted by Crippen LogP contribution is -2.13. The summed E-state index contributed by atoms with van der Waals surface area (Å²) in [7, 11) is 0. The van der Waals surface area contributed by atoms with E-state index in [1.807, 2.05) is 12.3 Å². The third kappa shape index (κ3) is 3.33. The standard InChI is InChI=1S/C14H15ClN4OS/c1-2-16-12-5-9(10(15)6-17-12)13(20)19-14-18-11(7-21-14)8-3-4-8/h5-8H,2-4H2,1H3,(H,16,17)(H,18,19,20). The van der Waals surface area contributed by atoms with E-state index in [0.29, 0.717) is 27.5 Å². The molecule has 1 fully saturated rings. The Kier molecular flexibility index (Phi) is 4.07. The van der Waals surface area contributed by atoms with Crippen LogP contribution in [0.4, 0.5) is 10.9 Å². The molecule has 1 amide bonds. The molecule has 7 heteroatoms. The second kappa shape index (κ2) is 5.99. The highest BCUT2D eigenvalue weighted by Crippen LogP contribution is 2.40. The topological polar surface area (TPSA) is 66.9 Å². The van der Waals surface area contributed by atoms with Crippen LogP contribution in [0.3, 0.4) is 0 Å². The van der Waals surface area contributed by atoms with E-state index in [1.54, 1.807) is 6.07 Å². The van der Waals surface area contributed by atoms with E-state index in [-0.39, 0.29) is 5.91 Å². The van der Waals surface area contributed by atoms with E-state index in [9.17, 15) is 4.79 Å². The molecule has 0 radical (unpaired) electrons. The predicted octanol–water partition coefficient (Wildman–Crippen LogP) is 3.75. The van der Waals surface area contributed by atoms with E-state index in [4.69, 9.17) is 11.6 Å². The molecule has 0 aromatic carbocycles. The Morgan fingerprint density at radius 3 is 3.05 bits per heavy atom. The van der Waals surface area contributed by atoms with Crippen LogP contribution >= 0.6 is 22.9 Å². The Labute approximate surface area is 131 Å². The van der Waals surface area contributed by atoms with Crippen molar-refractivity contribution in [3.05, 3.63) is 33.9 Å². The first-order valence-corrected chi connectivity index (χ1v) is 8.09. The summed E-state index contributed by atoms with van der Waals surface area (Å²) in [6.07, 6.45) is 3.87. The van der Waals surface area contributed by atoms with Gasteiger partial charge < -0.3 is 5.32 Å². The zero-order chi connectivity index (χ0) is 14.8. The van der Waals surface area contributed by atoms with Crippen molar-refractivity contribution in [1.29, 1.82) is 0 Å². The molecule has 0 unspecified atom stereocenters. The second-order valence-electron chi connectivity index (χ2n) is 4.89. The maximum atomic E-state index is 12.3. The van der Waals surface area contributed by atoms with Crippen LogP contribution in [0.25, 0.3) is 0 Å². The number of nitrogens with zero attached hydrogens (tertiary/aromatic N) is 2. The molecule has 110 valence electrons. The van der Waals surface area contributed by atoms with Gasteiger partial charge in [-0.25, -0.2) is 9.97 Å². The summed E-state index contributed by atoms with van der Waals surface area (Å²) in [6, 6.07) is 1.65. The van der Waals surface area contributed by atoms with Crippen LogP contribution in [0.5, 0.6) is 0 Å². The Bertz CT molecular complexity index is 669. The SMILES string of the molecule is CCNc1cc(C(=O)Nc2nc(C3CC3)cs2)c(Cl)cn1. The highest BCUT2D eigenvalue weighted by Gasteiger charge is 2.26. The van der Waals surface area contributed by atoms with Crippen molar-refractivity contribution in [2.45, 2.75) is 25.7 Å². The minimum absolute atomic E-state index is 0.266. The summed E-state index contributed by atoms with van der Waals surface area (Å²) in [5.41, 5.74) is 1.47. The molecule has 0 bridgehead atoms. The summed E-state index contributed by atoms with van der Waals surface area (Å²) < 4.78 is 0. The molecule has 2 aromatic heterocycles. The van der Waals surface area contributed by atoms with Gasteiger partial charge in [-0.3, -0.25) is 10.1 Å². The number of aromatic nitrogens is 2. The number of pyridine rings is 1. The van der Waals surface area contributed by atoms with E-state index >= 15 is 0 Å². The number of halogens is 1. The average molecular weight is 323 g/mol. The molecule has 0 spiro atoms. The molecule has 2 aromatic rings. The fourth-order valence-electron chi connectivity index (χ4n) is 1.97. The summed E-state index contributed by atoms with van der Waals surface area (Å²) >= 11 is 7.50. The van der Waals surface area contributed by atoms with Crippen LogP contribution in [0, 0.1) is 0 Å². The number of amides is 1. The smallest absolute Gasteiger partial charge is 0.259 e. The fourth-order valence-corrected chi connectivity index (χ4v) is 2.94. The van der Waals surface area contributed by atoms with Gasteiger partial charge >= 0.3 is 0 Å². The molecule has 5 nitrogen and oxygen atoms in total. The number of hydrogen-bond donors (Lipinski definition) is 2. The highest BCUT2D eigenvalue weighted by atomic mass is 35.5. The lowest BCUT2D eigenvalue weighted by molar-refractivity contribution is 0.102. The van der Waals surface area contributed by atoms with E-state index in [2.05, 4.69) is 20.6 Å². The lowest BCUT2D eigenvalue weighted by Gasteiger charge is -2.07. The Balaban J connectivity index is 1.75. The monoisotopic (exact) mass is 322 g/mol. The zero-order valence-electron chi connectivity index (χ0n) is 11.5. The number of rotatable bonds is 5. The van der Waals surface area contributed by atoms with Gasteiger partial charge in [0.05, 0.1) is 16.3 Å². The van der Waals surface area contributed by atoms with Crippen molar-refractivity contribution >= 4 is 39.8 Å². The van der Waals surface area contributed by atoms with Crippen LogP contribution in [-0.4, -0.2) is 22.4 Å². The molecule has 0 aliphatic heterocycles. The molecule has 1 aliphatic carbocycles. The molecular formula is C14H15ClN4OS. The molecule has 1 aliphatic rings. The van der Waals surface area contributed by atoms with Gasteiger partial charge in [-0.15, -0.1) is 11.3 Å². The summed E-state index contributed by atoms with van der Waals surface area (Å²) in [6.45, 7) is 2.69. The molecule has 2 N–H and O–H groups in total. The number of carbonyl (C=O) groups is 1. The maximum Gasteiger partial charge on any atom is 0.259 e. The van der Waals surface area contributed by atoms with Crippen LogP contribution < -0.4 is 10.6 Å². The normalized spacial score (nSPS) is 14.0. The summed E-state index contributed by atoms with van der Waals surface area (Å²) in [5.74, 6) is 0.944. The number of thiazole rings is 1. The second-order valence-corrected chi connectivity index (χ2v) is 6.15. The molecular weight excluding hydrogens is 308 g/mol. The number of nitrogens with one attached hydrogen (secondary N) is 2. The van der Waals surface area contributed by atoms with Crippen molar-refractivity contribution < 1.29 is 4.79 Å². The van der Waals surface area contributed by atoms with Gasteiger partial charge in [0.25, 0.3) is 5.91 Å². The van der Waals surface area contributed by atoms with Crippen LogP contribution in [-0.2, 0) is 0 Å². The minimum atomic E-state index is -0.266. The summed E-state index contributed by atoms with van der Waals surface area (Å²) in [5, 5.41) is 8.80. The molecule has 0 atom stereocenters. The van der Waals surface area contributed by atoms with Gasteiger partial charge in [0, 0.05) is 24.0 Å². The van der Waals surface area contributed by atoms with Crippen molar-refractivity contribution in [2.75, 3.05) is 17.2 Å². The van der Waals surface area contributed by atoms with Gasteiger partial charge in [0.2, 0.25) is 0 Å². The van der Waals surface area contributed by atoms with Gasteiger partial charge in [-0.1, -0.05) is 11.6 Å². The Hall–Kier alpha value is -1.66. The van der Waals surface area contributed by atoms with Crippen LogP contribution in [0.1, 0.15) is 41.7 Å². The largest absolute Gasteiger partial charge is 0.370 e. The van der Waals surface area contributed by atoms with Crippen molar-refractivity contribution in [1.82, 2.24) is 9.97 Å². The summed E-state index contributed by atoms with van der Waals surface area (Å²) in [4.78, 5) is 20.9. The minimum Gasteiger partial charge on any atom is -0.370 e. The Morgan fingerprint density at radius 1 is 1.52 bits per heavy atom. The first-order chi connectivity index (χ1) is 10.2. The number of carbonyl (C=O) groups excluding carboxylic acids is 1. The fraction of sp³-hybridized carbons (Fsp3) is 0.357. The first kappa shape index (κ1) is 14.3. The van der Waals surface area contributed by atoms with Crippen LogP contribution in [0.15, 0.2) is 17.6 Å². The average Bonchev–Trinajstić information content (AvgIpc) is 3.22. The van der Waals surface area contributed by atoms with Crippen molar-refractivity contribution in [3.63, 3.8) is 0 Å². The molecule has 3 rings (SSSR count). The van der Waals surface area contributed by atoms with Crippen LogP contribution in [0.2, 0.25) is 5.02 Å². The van der Waals surface area contributed by atoms with Gasteiger partial charge in [0.15, 0.2) is 5.13 Å². The van der Waals surface area contributed by atoms with E-state index in [0.717, 1.165) is 12.2 Å². The van der Waals surface area contributed by atoms with Gasteiger partial charge in [0.1, 0.15) is 5.82 Å². The maximum absolute atomic E-state index is 12.3. The van der Waals surface area contributed by atoms with Crippen molar-refractivity contribution in [2.24, 2.45) is 0 Å². The third-order valence-electron chi connectivity index (χ3n) is 3.20. The van der Waals surface area contributed by atoms with E-state index in [1.165, 1.54) is 30.4 Å². The molecule has 1 saturated carbocycles. The van der Waals surface area contributed by atoms with Crippen molar-refractivity contribution in [3.8, 4) is 0 Å². The lowest BCUT2D eigenvalue weighted by atomic mass is 10.2. The Morgan fingerprint density at radius 2 is 2.33 bits per heavy atom. The first-order valence-electron chi connectivity index (χ1n) is 6.83. The van der Waals surface area contributed by atoms with Gasteiger partial charge in [-0.05, 0) is 25.8 Å². The number of anilines is 2. The number of hydrogen-bond acceptors (Lipinski definition) is 5.